The van der Waals surface area contributed by atoms with Crippen LogP contribution in [0.25, 0.3) is 0 Å². The van der Waals surface area contributed by atoms with E-state index in [2.05, 4.69) is 15.6 Å². The Morgan fingerprint density at radius 1 is 1.26 bits per heavy atom. The fourth-order valence-electron chi connectivity index (χ4n) is 2.81. The number of sulfonamides is 1. The van der Waals surface area contributed by atoms with Gasteiger partial charge in [0.2, 0.25) is 10.0 Å². The topological polar surface area (TPSA) is 83.0 Å². The second-order valence-corrected chi connectivity index (χ2v) is 7.80. The van der Waals surface area contributed by atoms with E-state index in [0.717, 1.165) is 25.3 Å². The van der Waals surface area contributed by atoms with Gasteiger partial charge in [-0.25, -0.2) is 8.42 Å². The Hall–Kier alpha value is -0.130. The highest BCUT2D eigenvalue weighted by molar-refractivity contribution is 14.0. The molecule has 1 aliphatic carbocycles. The van der Waals surface area contributed by atoms with E-state index in [0.29, 0.717) is 32.3 Å². The summed E-state index contributed by atoms with van der Waals surface area (Å²) in [6.07, 6.45) is 4.83. The molecule has 9 heteroatoms. The SMILES string of the molecule is CCNC(=NCCS(=O)(=O)N1CCOCC1)NC1CCCC1.I. The van der Waals surface area contributed by atoms with Crippen LogP contribution in [0.4, 0.5) is 0 Å². The first-order valence-corrected chi connectivity index (χ1v) is 9.83. The first-order valence-electron chi connectivity index (χ1n) is 8.22. The van der Waals surface area contributed by atoms with Crippen molar-refractivity contribution in [3.05, 3.63) is 0 Å². The average Bonchev–Trinajstić information content (AvgIpc) is 3.01. The Kier molecular flexibility index (Phi) is 9.71. The van der Waals surface area contributed by atoms with Gasteiger partial charge in [0.15, 0.2) is 5.96 Å². The Morgan fingerprint density at radius 2 is 1.91 bits per heavy atom. The highest BCUT2D eigenvalue weighted by Gasteiger charge is 2.23. The second-order valence-electron chi connectivity index (χ2n) is 5.71. The van der Waals surface area contributed by atoms with Crippen molar-refractivity contribution in [2.75, 3.05) is 45.1 Å². The predicted octanol–water partition coefficient (Wildman–Crippen LogP) is 0.764. The molecule has 0 unspecified atom stereocenters. The fourth-order valence-corrected chi connectivity index (χ4v) is 4.10. The lowest BCUT2D eigenvalue weighted by molar-refractivity contribution is 0.0731. The van der Waals surface area contributed by atoms with Crippen molar-refractivity contribution in [1.82, 2.24) is 14.9 Å². The van der Waals surface area contributed by atoms with Crippen molar-refractivity contribution in [3.63, 3.8) is 0 Å². The number of ether oxygens (including phenoxy) is 1. The van der Waals surface area contributed by atoms with Gasteiger partial charge in [-0.1, -0.05) is 12.8 Å². The Labute approximate surface area is 156 Å². The number of morpholine rings is 1. The molecule has 2 N–H and O–H groups in total. The van der Waals surface area contributed by atoms with Crippen LogP contribution in [0.3, 0.4) is 0 Å². The molecule has 0 atom stereocenters. The summed E-state index contributed by atoms with van der Waals surface area (Å²) >= 11 is 0. The molecule has 0 aromatic rings. The number of hydrogen-bond acceptors (Lipinski definition) is 4. The van der Waals surface area contributed by atoms with Gasteiger partial charge in [0, 0.05) is 25.7 Å². The molecule has 1 heterocycles. The van der Waals surface area contributed by atoms with Crippen molar-refractivity contribution >= 4 is 40.0 Å². The standard InChI is InChI=1S/C14H28N4O3S.HI/c1-2-15-14(17-13-5-3-4-6-13)16-7-12-22(19,20)18-8-10-21-11-9-18;/h13H,2-12H2,1H3,(H2,15,16,17);1H. The molecule has 23 heavy (non-hydrogen) atoms. The normalized spacial score (nSPS) is 21.0. The molecule has 2 rings (SSSR count). The minimum atomic E-state index is -3.23. The summed E-state index contributed by atoms with van der Waals surface area (Å²) in [4.78, 5) is 4.41. The number of nitrogens with zero attached hydrogens (tertiary/aromatic N) is 2. The van der Waals surface area contributed by atoms with Gasteiger partial charge in [-0.2, -0.15) is 4.31 Å². The number of hydrogen-bond donors (Lipinski definition) is 2. The molecule has 136 valence electrons. The molecule has 0 spiro atoms. The maximum absolute atomic E-state index is 12.2. The highest BCUT2D eigenvalue weighted by Crippen LogP contribution is 2.17. The van der Waals surface area contributed by atoms with Crippen LogP contribution in [-0.2, 0) is 14.8 Å². The molecular formula is C14H29IN4O3S. The van der Waals surface area contributed by atoms with Crippen LogP contribution in [0.5, 0.6) is 0 Å². The van der Waals surface area contributed by atoms with E-state index < -0.39 is 10.0 Å². The monoisotopic (exact) mass is 460 g/mol. The van der Waals surface area contributed by atoms with Gasteiger partial charge in [-0.15, -0.1) is 24.0 Å². The van der Waals surface area contributed by atoms with Gasteiger partial charge in [-0.3, -0.25) is 4.99 Å². The zero-order valence-corrected chi connectivity index (χ0v) is 16.9. The van der Waals surface area contributed by atoms with Crippen LogP contribution >= 0.6 is 24.0 Å². The van der Waals surface area contributed by atoms with Crippen molar-refractivity contribution in [2.24, 2.45) is 4.99 Å². The van der Waals surface area contributed by atoms with Crippen LogP contribution in [0.1, 0.15) is 32.6 Å². The lowest BCUT2D eigenvalue weighted by atomic mass is 10.2. The van der Waals surface area contributed by atoms with Gasteiger partial charge < -0.3 is 15.4 Å². The third-order valence-electron chi connectivity index (χ3n) is 4.02. The summed E-state index contributed by atoms with van der Waals surface area (Å²) in [6, 6.07) is 0.466. The molecule has 0 aromatic heterocycles. The summed E-state index contributed by atoms with van der Waals surface area (Å²) in [5, 5.41) is 6.58. The van der Waals surface area contributed by atoms with E-state index in [1.54, 1.807) is 0 Å². The third-order valence-corrected chi connectivity index (χ3v) is 5.87. The van der Waals surface area contributed by atoms with E-state index in [4.69, 9.17) is 4.74 Å². The number of rotatable bonds is 6. The maximum atomic E-state index is 12.2. The summed E-state index contributed by atoms with van der Waals surface area (Å²) in [7, 11) is -3.23. The second kappa shape index (κ2) is 10.7. The summed E-state index contributed by atoms with van der Waals surface area (Å²) in [6.45, 7) is 4.93. The molecule has 0 bridgehead atoms. The van der Waals surface area contributed by atoms with Crippen LogP contribution in [0.2, 0.25) is 0 Å². The van der Waals surface area contributed by atoms with Crippen LogP contribution in [-0.4, -0.2) is 69.9 Å². The van der Waals surface area contributed by atoms with E-state index in [-0.39, 0.29) is 36.3 Å². The maximum Gasteiger partial charge on any atom is 0.216 e. The zero-order valence-electron chi connectivity index (χ0n) is 13.8. The summed E-state index contributed by atoms with van der Waals surface area (Å²) < 4.78 is 31.2. The molecule has 0 amide bonds. The minimum Gasteiger partial charge on any atom is -0.379 e. The molecule has 0 radical (unpaired) electrons. The van der Waals surface area contributed by atoms with Gasteiger partial charge >= 0.3 is 0 Å². The molecule has 1 saturated heterocycles. The third kappa shape index (κ3) is 7.10. The number of aliphatic imine (C=N–C) groups is 1. The molecule has 1 saturated carbocycles. The molecule has 2 aliphatic rings. The molecule has 2 fully saturated rings. The summed E-state index contributed by atoms with van der Waals surface area (Å²) in [5.74, 6) is 0.778. The molecular weight excluding hydrogens is 431 g/mol. The van der Waals surface area contributed by atoms with Crippen LogP contribution in [0.15, 0.2) is 4.99 Å². The number of nitrogens with one attached hydrogen (secondary N) is 2. The Balaban J connectivity index is 0.00000264. The van der Waals surface area contributed by atoms with Crippen LogP contribution in [0, 0.1) is 0 Å². The molecule has 7 nitrogen and oxygen atoms in total. The Bertz CT molecular complexity index is 461. The largest absolute Gasteiger partial charge is 0.379 e. The number of halogens is 1. The first kappa shape index (κ1) is 20.9. The molecule has 1 aliphatic heterocycles. The summed E-state index contributed by atoms with van der Waals surface area (Å²) in [5.41, 5.74) is 0. The van der Waals surface area contributed by atoms with Gasteiger partial charge in [0.05, 0.1) is 25.5 Å². The lowest BCUT2D eigenvalue weighted by Gasteiger charge is -2.25. The highest BCUT2D eigenvalue weighted by atomic mass is 127. The van der Waals surface area contributed by atoms with Crippen molar-refractivity contribution in [2.45, 2.75) is 38.6 Å². The lowest BCUT2D eigenvalue weighted by Crippen LogP contribution is -2.44. The van der Waals surface area contributed by atoms with E-state index in [1.807, 2.05) is 6.92 Å². The van der Waals surface area contributed by atoms with Gasteiger partial charge in [-0.05, 0) is 19.8 Å². The smallest absolute Gasteiger partial charge is 0.216 e. The van der Waals surface area contributed by atoms with E-state index >= 15 is 0 Å². The zero-order chi connectivity index (χ0) is 15.8. The van der Waals surface area contributed by atoms with Crippen molar-refractivity contribution in [1.29, 1.82) is 0 Å². The first-order chi connectivity index (χ1) is 10.6. The van der Waals surface area contributed by atoms with E-state index in [1.165, 1.54) is 17.1 Å². The van der Waals surface area contributed by atoms with Crippen molar-refractivity contribution in [3.8, 4) is 0 Å². The quantitative estimate of drug-likeness (QED) is 0.348. The Morgan fingerprint density at radius 3 is 2.52 bits per heavy atom. The van der Waals surface area contributed by atoms with Gasteiger partial charge in [0.1, 0.15) is 0 Å². The predicted molar refractivity (Wildman–Crippen MR) is 103 cm³/mol. The minimum absolute atomic E-state index is 0. The van der Waals surface area contributed by atoms with Crippen LogP contribution < -0.4 is 10.6 Å². The van der Waals surface area contributed by atoms with Gasteiger partial charge in [0.25, 0.3) is 0 Å². The average molecular weight is 460 g/mol. The number of guanidine groups is 1. The van der Waals surface area contributed by atoms with E-state index in [9.17, 15) is 8.42 Å². The molecule has 0 aromatic carbocycles. The van der Waals surface area contributed by atoms with Crippen molar-refractivity contribution < 1.29 is 13.2 Å². The fraction of sp³-hybridized carbons (Fsp3) is 0.929.